The van der Waals surface area contributed by atoms with E-state index in [1.54, 1.807) is 30.3 Å². The number of nitrogens with zero attached hydrogens (tertiary/aromatic N) is 2. The summed E-state index contributed by atoms with van der Waals surface area (Å²) in [5.41, 5.74) is 3.64. The number of benzene rings is 3. The number of hydrogen-bond donors (Lipinski definition) is 1. The van der Waals surface area contributed by atoms with Crippen LogP contribution in [0.25, 0.3) is 0 Å². The summed E-state index contributed by atoms with van der Waals surface area (Å²) < 4.78 is 40.7. The summed E-state index contributed by atoms with van der Waals surface area (Å²) in [6.45, 7) is 2.55. The maximum atomic E-state index is 14.1. The lowest BCUT2D eigenvalue weighted by Gasteiger charge is -2.39. The van der Waals surface area contributed by atoms with Crippen LogP contribution < -0.4 is 4.90 Å². The second-order valence-electron chi connectivity index (χ2n) is 9.02. The lowest BCUT2D eigenvalue weighted by molar-refractivity contribution is 0.145. The smallest absolute Gasteiger partial charge is 0.123 e. The number of aliphatic hydroxyl groups excluding tert-OH is 1. The van der Waals surface area contributed by atoms with Gasteiger partial charge in [0.2, 0.25) is 0 Å². The first kappa shape index (κ1) is 22.0. The van der Waals surface area contributed by atoms with Gasteiger partial charge in [-0.05, 0) is 91.5 Å². The number of piperidine rings is 1. The van der Waals surface area contributed by atoms with E-state index in [1.807, 2.05) is 6.07 Å². The molecule has 0 aromatic heterocycles. The van der Waals surface area contributed by atoms with Crippen LogP contribution in [0.15, 0.2) is 66.7 Å². The molecule has 0 bridgehead atoms. The third kappa shape index (κ3) is 4.50. The van der Waals surface area contributed by atoms with E-state index in [9.17, 15) is 18.3 Å². The average molecular weight is 453 g/mol. The van der Waals surface area contributed by atoms with Crippen LogP contribution in [-0.2, 0) is 0 Å². The molecule has 0 saturated carbocycles. The van der Waals surface area contributed by atoms with Gasteiger partial charge in [0.05, 0.1) is 6.10 Å². The van der Waals surface area contributed by atoms with Crippen LogP contribution in [0, 0.1) is 17.5 Å². The van der Waals surface area contributed by atoms with E-state index in [2.05, 4.69) is 9.80 Å². The van der Waals surface area contributed by atoms with Crippen LogP contribution >= 0.6 is 0 Å². The fourth-order valence-corrected chi connectivity index (χ4v) is 5.34. The van der Waals surface area contributed by atoms with Gasteiger partial charge in [0.1, 0.15) is 17.5 Å². The Kier molecular flexibility index (Phi) is 6.13. The molecule has 2 heterocycles. The Morgan fingerprint density at radius 1 is 0.879 bits per heavy atom. The van der Waals surface area contributed by atoms with Crippen molar-refractivity contribution in [1.82, 2.24) is 4.90 Å². The normalized spacial score (nSPS) is 21.0. The van der Waals surface area contributed by atoms with Crippen molar-refractivity contribution in [3.05, 3.63) is 95.3 Å². The third-order valence-electron chi connectivity index (χ3n) is 6.95. The van der Waals surface area contributed by atoms with E-state index in [4.69, 9.17) is 0 Å². The van der Waals surface area contributed by atoms with Gasteiger partial charge in [0.25, 0.3) is 0 Å². The van der Waals surface area contributed by atoms with Gasteiger partial charge < -0.3 is 14.9 Å². The van der Waals surface area contributed by atoms with Crippen LogP contribution in [0.3, 0.4) is 0 Å². The van der Waals surface area contributed by atoms with Gasteiger partial charge in [-0.1, -0.05) is 12.1 Å². The summed E-state index contributed by atoms with van der Waals surface area (Å²) in [6, 6.07) is 17.6. The minimum atomic E-state index is -0.613. The Morgan fingerprint density at radius 2 is 1.55 bits per heavy atom. The minimum absolute atomic E-state index is 0.163. The van der Waals surface area contributed by atoms with E-state index in [0.29, 0.717) is 6.42 Å². The quantitative estimate of drug-likeness (QED) is 0.502. The fraction of sp³-hybridized carbons (Fsp3) is 0.333. The lowest BCUT2D eigenvalue weighted by Crippen LogP contribution is -2.45. The molecular weight excluding hydrogens is 425 g/mol. The number of aliphatic hydroxyl groups is 1. The fourth-order valence-electron chi connectivity index (χ4n) is 5.34. The molecule has 172 valence electrons. The van der Waals surface area contributed by atoms with Crippen molar-refractivity contribution in [3.8, 4) is 0 Å². The topological polar surface area (TPSA) is 26.7 Å². The number of rotatable bonds is 6. The molecule has 3 aromatic carbocycles. The van der Waals surface area contributed by atoms with Crippen molar-refractivity contribution in [2.24, 2.45) is 0 Å². The Morgan fingerprint density at radius 3 is 2.27 bits per heavy atom. The second-order valence-corrected chi connectivity index (χ2v) is 9.02. The molecule has 5 rings (SSSR count). The molecule has 3 aromatic rings. The molecule has 2 aliphatic rings. The van der Waals surface area contributed by atoms with Crippen LogP contribution in [0.1, 0.15) is 42.4 Å². The molecule has 0 aliphatic carbocycles. The van der Waals surface area contributed by atoms with E-state index < -0.39 is 6.10 Å². The van der Waals surface area contributed by atoms with Crippen molar-refractivity contribution < 1.29 is 18.3 Å². The number of likely N-dealkylation sites (tertiary alicyclic amines) is 1. The van der Waals surface area contributed by atoms with E-state index >= 15 is 0 Å². The van der Waals surface area contributed by atoms with Crippen LogP contribution in [0.5, 0.6) is 0 Å². The van der Waals surface area contributed by atoms with Crippen molar-refractivity contribution in [2.45, 2.75) is 37.3 Å². The van der Waals surface area contributed by atoms with Gasteiger partial charge >= 0.3 is 0 Å². The molecule has 0 spiro atoms. The minimum Gasteiger partial charge on any atom is -0.388 e. The summed E-state index contributed by atoms with van der Waals surface area (Å²) in [5.74, 6) is -0.659. The predicted octanol–water partition coefficient (Wildman–Crippen LogP) is 5.93. The Bertz CT molecular complexity index is 1100. The van der Waals surface area contributed by atoms with Crippen molar-refractivity contribution in [1.29, 1.82) is 0 Å². The van der Waals surface area contributed by atoms with Crippen molar-refractivity contribution >= 4 is 11.4 Å². The molecule has 3 nitrogen and oxygen atoms in total. The number of hydrogen-bond acceptors (Lipinski definition) is 3. The first-order valence-corrected chi connectivity index (χ1v) is 11.5. The Balaban J connectivity index is 1.27. The van der Waals surface area contributed by atoms with Gasteiger partial charge in [-0.25, -0.2) is 13.2 Å². The highest BCUT2D eigenvalue weighted by Gasteiger charge is 2.42. The largest absolute Gasteiger partial charge is 0.388 e. The summed E-state index contributed by atoms with van der Waals surface area (Å²) in [4.78, 5) is 4.61. The van der Waals surface area contributed by atoms with Crippen LogP contribution in [-0.4, -0.2) is 35.7 Å². The SMILES string of the molecule is OC(CCCN1CC[C@H]2[C@H](C1)c1cc(F)ccc1N2c1ccc(F)cc1)c1ccc(F)cc1. The monoisotopic (exact) mass is 452 g/mol. The highest BCUT2D eigenvalue weighted by Crippen LogP contribution is 2.48. The molecule has 1 N–H and O–H groups in total. The van der Waals surface area contributed by atoms with Gasteiger partial charge in [-0.3, -0.25) is 0 Å². The van der Waals surface area contributed by atoms with E-state index in [-0.39, 0.29) is 29.4 Å². The summed E-state index contributed by atoms with van der Waals surface area (Å²) in [5, 5.41) is 10.4. The molecule has 3 atom stereocenters. The molecule has 6 heteroatoms. The molecule has 2 aliphatic heterocycles. The maximum absolute atomic E-state index is 14.1. The molecule has 1 saturated heterocycles. The lowest BCUT2D eigenvalue weighted by atomic mass is 9.88. The standard InChI is InChI=1S/C27H27F3N2O/c28-19-5-3-18(4-6-19)27(33)2-1-14-31-15-13-26-24(17-31)23-16-21(30)9-12-25(23)32(26)22-10-7-20(29)8-11-22/h3-12,16,24,26-27,33H,1-2,13-15,17H2/t24-,26+,27?/m1/s1. The number of anilines is 2. The Hall–Kier alpha value is -2.83. The van der Waals surface area contributed by atoms with E-state index in [1.165, 1.54) is 30.3 Å². The van der Waals surface area contributed by atoms with Gasteiger partial charge in [0.15, 0.2) is 0 Å². The van der Waals surface area contributed by atoms with Crippen molar-refractivity contribution in [2.75, 3.05) is 24.5 Å². The number of fused-ring (bicyclic) bond motifs is 3. The van der Waals surface area contributed by atoms with Crippen LogP contribution in [0.2, 0.25) is 0 Å². The Labute approximate surface area is 192 Å². The van der Waals surface area contributed by atoms with E-state index in [0.717, 1.165) is 55.0 Å². The van der Waals surface area contributed by atoms with Gasteiger partial charge in [0, 0.05) is 36.4 Å². The van der Waals surface area contributed by atoms with Gasteiger partial charge in [-0.15, -0.1) is 0 Å². The molecular formula is C27H27F3N2O. The van der Waals surface area contributed by atoms with Crippen molar-refractivity contribution in [3.63, 3.8) is 0 Å². The third-order valence-corrected chi connectivity index (χ3v) is 6.95. The van der Waals surface area contributed by atoms with Crippen LogP contribution in [0.4, 0.5) is 24.5 Å². The average Bonchev–Trinajstić information content (AvgIpc) is 3.13. The second kappa shape index (κ2) is 9.20. The maximum Gasteiger partial charge on any atom is 0.123 e. The first-order valence-electron chi connectivity index (χ1n) is 11.5. The molecule has 33 heavy (non-hydrogen) atoms. The highest BCUT2D eigenvalue weighted by molar-refractivity contribution is 5.73. The first-order chi connectivity index (χ1) is 16.0. The number of halogens is 3. The summed E-state index contributed by atoms with van der Waals surface area (Å²) >= 11 is 0. The van der Waals surface area contributed by atoms with Gasteiger partial charge in [-0.2, -0.15) is 0 Å². The molecule has 0 radical (unpaired) electrons. The molecule has 1 unspecified atom stereocenters. The molecule has 0 amide bonds. The summed E-state index contributed by atoms with van der Waals surface area (Å²) in [6.07, 6.45) is 1.72. The summed E-state index contributed by atoms with van der Waals surface area (Å²) in [7, 11) is 0. The zero-order valence-electron chi connectivity index (χ0n) is 18.3. The predicted molar refractivity (Wildman–Crippen MR) is 123 cm³/mol. The zero-order chi connectivity index (χ0) is 22.9. The molecule has 1 fully saturated rings. The highest BCUT2D eigenvalue weighted by atomic mass is 19.1. The zero-order valence-corrected chi connectivity index (χ0v) is 18.3.